The van der Waals surface area contributed by atoms with Crippen molar-refractivity contribution in [2.24, 2.45) is 0 Å². The second-order valence-corrected chi connectivity index (χ2v) is 6.33. The fraction of sp³-hybridized carbons (Fsp3) is 0.500. The Labute approximate surface area is 125 Å². The molecule has 1 N–H and O–H groups in total. The van der Waals surface area contributed by atoms with E-state index >= 15 is 0 Å². The number of halogens is 1. The van der Waals surface area contributed by atoms with E-state index in [1.54, 1.807) is 6.92 Å². The minimum absolute atomic E-state index is 0.0228. The lowest BCUT2D eigenvalue weighted by molar-refractivity contribution is 0.00681. The molecule has 0 amide bonds. The van der Waals surface area contributed by atoms with Crippen LogP contribution in [0.25, 0.3) is 10.9 Å². The minimum atomic E-state index is -1.17. The number of fused-ring (bicyclic) bond motifs is 1. The molecule has 0 bridgehead atoms. The highest BCUT2D eigenvalue weighted by Gasteiger charge is 2.52. The van der Waals surface area contributed by atoms with Crippen LogP contribution in [0, 0.1) is 6.92 Å². The third-order valence-corrected chi connectivity index (χ3v) is 5.01. The Kier molecular flexibility index (Phi) is 3.48. The summed E-state index contributed by atoms with van der Waals surface area (Å²) in [5.41, 5.74) is 3.28. The van der Waals surface area contributed by atoms with Crippen molar-refractivity contribution in [1.82, 2.24) is 10.3 Å². The summed E-state index contributed by atoms with van der Waals surface area (Å²) in [6.07, 6.45) is 1.83. The first-order valence-corrected chi connectivity index (χ1v) is 7.73. The van der Waals surface area contributed by atoms with Gasteiger partial charge < -0.3 is 5.32 Å². The van der Waals surface area contributed by atoms with Gasteiger partial charge in [-0.05, 0) is 63.1 Å². The van der Waals surface area contributed by atoms with Gasteiger partial charge in [-0.2, -0.15) is 0 Å². The van der Waals surface area contributed by atoms with Gasteiger partial charge in [-0.3, -0.25) is 4.98 Å². The molecular formula is C18H23FN2. The highest BCUT2D eigenvalue weighted by atomic mass is 19.1. The molecule has 1 aromatic carbocycles. The third-order valence-electron chi connectivity index (χ3n) is 5.01. The number of alkyl halides is 1. The summed E-state index contributed by atoms with van der Waals surface area (Å²) in [4.78, 5) is 4.59. The van der Waals surface area contributed by atoms with E-state index in [2.05, 4.69) is 29.4 Å². The van der Waals surface area contributed by atoms with Crippen molar-refractivity contribution in [3.05, 3.63) is 41.1 Å². The fourth-order valence-electron chi connectivity index (χ4n) is 3.61. The molecule has 0 radical (unpaired) electrons. The average Bonchev–Trinajstić information content (AvgIpc) is 2.46. The predicted molar refractivity (Wildman–Crippen MR) is 85.6 cm³/mol. The first kappa shape index (κ1) is 14.5. The lowest BCUT2D eigenvalue weighted by Crippen LogP contribution is -2.58. The van der Waals surface area contributed by atoms with E-state index in [0.29, 0.717) is 0 Å². The van der Waals surface area contributed by atoms with Crippen molar-refractivity contribution in [3.63, 3.8) is 0 Å². The second-order valence-electron chi connectivity index (χ2n) is 6.33. The zero-order valence-corrected chi connectivity index (χ0v) is 13.2. The van der Waals surface area contributed by atoms with Crippen LogP contribution < -0.4 is 5.32 Å². The topological polar surface area (TPSA) is 24.9 Å². The first-order chi connectivity index (χ1) is 9.97. The fourth-order valence-corrected chi connectivity index (χ4v) is 3.61. The number of hydrogen-bond acceptors (Lipinski definition) is 2. The van der Waals surface area contributed by atoms with Crippen molar-refractivity contribution in [1.29, 1.82) is 0 Å². The maximum Gasteiger partial charge on any atom is 0.130 e. The average molecular weight is 286 g/mol. The van der Waals surface area contributed by atoms with Crippen LogP contribution >= 0.6 is 0 Å². The molecule has 1 aromatic heterocycles. The molecule has 0 aliphatic heterocycles. The normalized spacial score (nSPS) is 28.6. The standard InChI is InChI=1S/C18H23FN2/c1-5-12-8-11(2)21-16-7-6-13(9-14(12)16)15-10-17(20-4)18(15,3)19/h6-9,15,17,20H,5,10H2,1-4H3/t15?,17-,18?/m1/s1. The van der Waals surface area contributed by atoms with Gasteiger partial charge in [0.25, 0.3) is 0 Å². The van der Waals surface area contributed by atoms with Crippen LogP contribution in [-0.4, -0.2) is 23.7 Å². The van der Waals surface area contributed by atoms with Gasteiger partial charge in [0, 0.05) is 23.0 Å². The third kappa shape index (κ3) is 2.24. The van der Waals surface area contributed by atoms with Crippen LogP contribution in [0.3, 0.4) is 0 Å². The van der Waals surface area contributed by atoms with E-state index in [0.717, 1.165) is 29.6 Å². The van der Waals surface area contributed by atoms with Gasteiger partial charge >= 0.3 is 0 Å². The first-order valence-electron chi connectivity index (χ1n) is 7.73. The van der Waals surface area contributed by atoms with Crippen LogP contribution in [-0.2, 0) is 6.42 Å². The van der Waals surface area contributed by atoms with Crippen LogP contribution in [0.2, 0.25) is 0 Å². The summed E-state index contributed by atoms with van der Waals surface area (Å²) >= 11 is 0. The molecule has 1 heterocycles. The molecule has 21 heavy (non-hydrogen) atoms. The molecule has 2 aromatic rings. The number of hydrogen-bond donors (Lipinski definition) is 1. The Balaban J connectivity index is 2.04. The molecule has 1 aliphatic rings. The molecule has 3 rings (SSSR count). The largest absolute Gasteiger partial charge is 0.314 e. The zero-order chi connectivity index (χ0) is 15.2. The predicted octanol–water partition coefficient (Wildman–Crippen LogP) is 3.91. The van der Waals surface area contributed by atoms with E-state index in [9.17, 15) is 4.39 Å². The lowest BCUT2D eigenvalue weighted by atomic mass is 9.64. The highest BCUT2D eigenvalue weighted by Crippen LogP contribution is 2.49. The van der Waals surface area contributed by atoms with Crippen molar-refractivity contribution in [2.75, 3.05) is 7.05 Å². The Bertz CT molecular complexity index is 678. The summed E-state index contributed by atoms with van der Waals surface area (Å²) in [6.45, 7) is 5.88. The van der Waals surface area contributed by atoms with E-state index in [4.69, 9.17) is 0 Å². The molecule has 0 spiro atoms. The van der Waals surface area contributed by atoms with Crippen LogP contribution in [0.5, 0.6) is 0 Å². The van der Waals surface area contributed by atoms with Gasteiger partial charge in [0.1, 0.15) is 5.67 Å². The lowest BCUT2D eigenvalue weighted by Gasteiger charge is -2.48. The maximum atomic E-state index is 14.8. The number of aryl methyl sites for hydroxylation is 2. The van der Waals surface area contributed by atoms with Crippen LogP contribution in [0.15, 0.2) is 24.3 Å². The Morgan fingerprint density at radius 2 is 2.14 bits per heavy atom. The minimum Gasteiger partial charge on any atom is -0.314 e. The second kappa shape index (κ2) is 5.06. The van der Waals surface area contributed by atoms with E-state index < -0.39 is 5.67 Å². The molecule has 2 nitrogen and oxygen atoms in total. The molecule has 3 heteroatoms. The summed E-state index contributed by atoms with van der Waals surface area (Å²) in [5, 5.41) is 4.24. The number of aromatic nitrogens is 1. The van der Waals surface area contributed by atoms with Crippen molar-refractivity contribution >= 4 is 10.9 Å². The number of nitrogens with one attached hydrogen (secondary N) is 1. The Morgan fingerprint density at radius 3 is 2.76 bits per heavy atom. The van der Waals surface area contributed by atoms with E-state index in [-0.39, 0.29) is 12.0 Å². The van der Waals surface area contributed by atoms with E-state index in [1.807, 2.05) is 26.1 Å². The number of nitrogens with zero attached hydrogens (tertiary/aromatic N) is 1. The van der Waals surface area contributed by atoms with Crippen LogP contribution in [0.1, 0.15) is 43.0 Å². The number of rotatable bonds is 3. The highest BCUT2D eigenvalue weighted by molar-refractivity contribution is 5.83. The van der Waals surface area contributed by atoms with Gasteiger partial charge in [0.2, 0.25) is 0 Å². The maximum absolute atomic E-state index is 14.8. The molecular weight excluding hydrogens is 263 g/mol. The molecule has 1 saturated carbocycles. The quantitative estimate of drug-likeness (QED) is 0.925. The van der Waals surface area contributed by atoms with Gasteiger partial charge in [-0.15, -0.1) is 0 Å². The van der Waals surface area contributed by atoms with E-state index in [1.165, 1.54) is 10.9 Å². The van der Waals surface area contributed by atoms with Gasteiger partial charge in [-0.1, -0.05) is 13.0 Å². The monoisotopic (exact) mass is 286 g/mol. The Hall–Kier alpha value is -1.48. The van der Waals surface area contributed by atoms with Gasteiger partial charge in [0.05, 0.1) is 5.52 Å². The molecule has 112 valence electrons. The molecule has 0 saturated heterocycles. The summed E-state index contributed by atoms with van der Waals surface area (Å²) in [6, 6.07) is 8.33. The summed E-state index contributed by atoms with van der Waals surface area (Å²) in [5.74, 6) is -0.0228. The Morgan fingerprint density at radius 1 is 1.38 bits per heavy atom. The van der Waals surface area contributed by atoms with Gasteiger partial charge in [-0.25, -0.2) is 4.39 Å². The van der Waals surface area contributed by atoms with Gasteiger partial charge in [0.15, 0.2) is 0 Å². The summed E-state index contributed by atoms with van der Waals surface area (Å²) < 4.78 is 14.8. The van der Waals surface area contributed by atoms with Crippen molar-refractivity contribution in [2.45, 2.75) is 51.2 Å². The number of pyridine rings is 1. The molecule has 2 unspecified atom stereocenters. The molecule has 1 fully saturated rings. The molecule has 1 aliphatic carbocycles. The smallest absolute Gasteiger partial charge is 0.130 e. The molecule has 3 atom stereocenters. The SMILES string of the molecule is CCc1cc(C)nc2ccc(C3C[C@@H](NC)C3(C)F)cc12. The van der Waals surface area contributed by atoms with Crippen molar-refractivity contribution in [3.8, 4) is 0 Å². The zero-order valence-electron chi connectivity index (χ0n) is 13.2. The summed E-state index contributed by atoms with van der Waals surface area (Å²) in [7, 11) is 1.83. The van der Waals surface area contributed by atoms with Crippen LogP contribution in [0.4, 0.5) is 4.39 Å². The van der Waals surface area contributed by atoms with Crippen molar-refractivity contribution < 1.29 is 4.39 Å². The number of benzene rings is 1.